The number of aromatic nitrogens is 2. The summed E-state index contributed by atoms with van der Waals surface area (Å²) >= 11 is 0. The Morgan fingerprint density at radius 3 is 2.78 bits per heavy atom. The summed E-state index contributed by atoms with van der Waals surface area (Å²) in [5.41, 5.74) is 1.23. The minimum atomic E-state index is 0.304. The van der Waals surface area contributed by atoms with Crippen LogP contribution >= 0.6 is 0 Å². The zero-order valence-corrected chi connectivity index (χ0v) is 11.8. The van der Waals surface area contributed by atoms with Crippen LogP contribution in [0.3, 0.4) is 0 Å². The number of anilines is 1. The lowest BCUT2D eigenvalue weighted by Gasteiger charge is -2.39. The smallest absolute Gasteiger partial charge is 0.226 e. The van der Waals surface area contributed by atoms with Gasteiger partial charge >= 0.3 is 0 Å². The van der Waals surface area contributed by atoms with Crippen molar-refractivity contribution in [1.82, 2.24) is 9.97 Å². The standard InChI is InChI=1S/C14H23N3O/c1-10-9-12(18-4)17-13(15-10)16-11-7-5-6-8-14(11,2)3/h9,11H,5-8H2,1-4H3,(H,15,16,17). The van der Waals surface area contributed by atoms with Gasteiger partial charge in [-0.3, -0.25) is 0 Å². The minimum absolute atomic E-state index is 0.304. The van der Waals surface area contributed by atoms with Crippen LogP contribution in [0.1, 0.15) is 45.2 Å². The number of ether oxygens (including phenoxy) is 1. The average molecular weight is 249 g/mol. The molecular formula is C14H23N3O. The second-order valence-corrected chi connectivity index (χ2v) is 5.81. The van der Waals surface area contributed by atoms with Gasteiger partial charge in [-0.1, -0.05) is 26.7 Å². The molecule has 0 aliphatic heterocycles. The van der Waals surface area contributed by atoms with Gasteiger partial charge in [0.2, 0.25) is 11.8 Å². The van der Waals surface area contributed by atoms with Crippen molar-refractivity contribution in [3.63, 3.8) is 0 Å². The van der Waals surface area contributed by atoms with E-state index in [0.29, 0.717) is 23.3 Å². The van der Waals surface area contributed by atoms with E-state index in [4.69, 9.17) is 4.74 Å². The first kappa shape index (κ1) is 13.1. The third kappa shape index (κ3) is 2.92. The Morgan fingerprint density at radius 1 is 1.33 bits per heavy atom. The van der Waals surface area contributed by atoms with Gasteiger partial charge in [0.15, 0.2) is 0 Å². The van der Waals surface area contributed by atoms with E-state index in [1.807, 2.05) is 13.0 Å². The molecule has 1 aromatic rings. The molecule has 1 heterocycles. The van der Waals surface area contributed by atoms with Crippen LogP contribution in [-0.4, -0.2) is 23.1 Å². The van der Waals surface area contributed by atoms with Crippen LogP contribution < -0.4 is 10.1 Å². The zero-order valence-electron chi connectivity index (χ0n) is 11.8. The fourth-order valence-electron chi connectivity index (χ4n) is 2.63. The van der Waals surface area contributed by atoms with Crippen molar-refractivity contribution < 1.29 is 4.74 Å². The second kappa shape index (κ2) is 5.12. The summed E-state index contributed by atoms with van der Waals surface area (Å²) in [5.74, 6) is 1.31. The Kier molecular flexibility index (Phi) is 3.73. The molecule has 4 nitrogen and oxygen atoms in total. The summed E-state index contributed by atoms with van der Waals surface area (Å²) in [6, 6.07) is 2.29. The summed E-state index contributed by atoms with van der Waals surface area (Å²) in [5, 5.41) is 3.48. The largest absolute Gasteiger partial charge is 0.481 e. The molecule has 2 rings (SSSR count). The molecule has 0 amide bonds. The lowest BCUT2D eigenvalue weighted by molar-refractivity contribution is 0.216. The fourth-order valence-corrected chi connectivity index (χ4v) is 2.63. The van der Waals surface area contributed by atoms with E-state index >= 15 is 0 Å². The van der Waals surface area contributed by atoms with E-state index in [-0.39, 0.29) is 0 Å². The summed E-state index contributed by atoms with van der Waals surface area (Å²) < 4.78 is 5.19. The van der Waals surface area contributed by atoms with Crippen molar-refractivity contribution in [2.45, 2.75) is 52.5 Å². The van der Waals surface area contributed by atoms with Gasteiger partial charge in [-0.15, -0.1) is 0 Å². The van der Waals surface area contributed by atoms with Crippen LogP contribution in [-0.2, 0) is 0 Å². The maximum Gasteiger partial charge on any atom is 0.226 e. The molecule has 4 heteroatoms. The number of nitrogens with one attached hydrogen (secondary N) is 1. The molecule has 100 valence electrons. The first-order valence-electron chi connectivity index (χ1n) is 6.67. The molecule has 1 saturated carbocycles. The monoisotopic (exact) mass is 249 g/mol. The van der Waals surface area contributed by atoms with Gasteiger partial charge in [0.1, 0.15) is 0 Å². The van der Waals surface area contributed by atoms with Crippen LogP contribution in [0.25, 0.3) is 0 Å². The highest BCUT2D eigenvalue weighted by atomic mass is 16.5. The van der Waals surface area contributed by atoms with Crippen molar-refractivity contribution in [2.24, 2.45) is 5.41 Å². The highest BCUT2D eigenvalue weighted by molar-refractivity contribution is 5.32. The first-order valence-corrected chi connectivity index (χ1v) is 6.67. The molecule has 1 aliphatic carbocycles. The Balaban J connectivity index is 2.15. The van der Waals surface area contributed by atoms with Gasteiger partial charge in [0.05, 0.1) is 7.11 Å². The number of hydrogen-bond donors (Lipinski definition) is 1. The molecule has 0 saturated heterocycles. The Morgan fingerprint density at radius 2 is 2.11 bits per heavy atom. The molecule has 0 radical (unpaired) electrons. The number of methoxy groups -OCH3 is 1. The maximum absolute atomic E-state index is 5.19. The topological polar surface area (TPSA) is 47.0 Å². The van der Waals surface area contributed by atoms with Crippen LogP contribution in [0, 0.1) is 12.3 Å². The number of rotatable bonds is 3. The van der Waals surface area contributed by atoms with Crippen molar-refractivity contribution in [3.05, 3.63) is 11.8 Å². The molecule has 1 atom stereocenters. The van der Waals surface area contributed by atoms with E-state index in [2.05, 4.69) is 29.1 Å². The van der Waals surface area contributed by atoms with Crippen LogP contribution in [0.4, 0.5) is 5.95 Å². The zero-order chi connectivity index (χ0) is 13.2. The molecule has 0 spiro atoms. The predicted octanol–water partition coefficient (Wildman–Crippen LogP) is 3.17. The highest BCUT2D eigenvalue weighted by Gasteiger charge is 2.32. The van der Waals surface area contributed by atoms with Gasteiger partial charge < -0.3 is 10.1 Å². The molecule has 1 aliphatic rings. The first-order chi connectivity index (χ1) is 8.51. The van der Waals surface area contributed by atoms with Crippen molar-refractivity contribution in [3.8, 4) is 5.88 Å². The van der Waals surface area contributed by atoms with E-state index in [9.17, 15) is 0 Å². The molecular weight excluding hydrogens is 226 g/mol. The van der Waals surface area contributed by atoms with Crippen LogP contribution in [0.5, 0.6) is 5.88 Å². The van der Waals surface area contributed by atoms with Gasteiger partial charge in [-0.2, -0.15) is 4.98 Å². The van der Waals surface area contributed by atoms with Crippen molar-refractivity contribution >= 4 is 5.95 Å². The van der Waals surface area contributed by atoms with E-state index in [0.717, 1.165) is 5.69 Å². The third-order valence-corrected chi connectivity index (χ3v) is 3.85. The number of nitrogens with zero attached hydrogens (tertiary/aromatic N) is 2. The number of aryl methyl sites for hydroxylation is 1. The predicted molar refractivity (Wildman–Crippen MR) is 73.0 cm³/mol. The van der Waals surface area contributed by atoms with Crippen LogP contribution in [0.15, 0.2) is 6.07 Å². The van der Waals surface area contributed by atoms with Gasteiger partial charge in [-0.05, 0) is 25.2 Å². The Bertz CT molecular complexity index is 418. The van der Waals surface area contributed by atoms with E-state index in [1.165, 1.54) is 25.7 Å². The summed E-state index contributed by atoms with van der Waals surface area (Å²) in [4.78, 5) is 8.81. The van der Waals surface area contributed by atoms with Gasteiger partial charge in [0, 0.05) is 17.8 Å². The fraction of sp³-hybridized carbons (Fsp3) is 0.714. The van der Waals surface area contributed by atoms with Gasteiger partial charge in [0.25, 0.3) is 0 Å². The average Bonchev–Trinajstić information content (AvgIpc) is 2.31. The summed E-state index contributed by atoms with van der Waals surface area (Å²) in [6.07, 6.45) is 5.05. The second-order valence-electron chi connectivity index (χ2n) is 5.81. The molecule has 0 aromatic carbocycles. The summed E-state index contributed by atoms with van der Waals surface area (Å²) in [6.45, 7) is 6.59. The van der Waals surface area contributed by atoms with E-state index in [1.54, 1.807) is 7.11 Å². The molecule has 18 heavy (non-hydrogen) atoms. The molecule has 1 unspecified atom stereocenters. The molecule has 0 bridgehead atoms. The normalized spacial score (nSPS) is 22.6. The summed E-state index contributed by atoms with van der Waals surface area (Å²) in [7, 11) is 1.64. The Hall–Kier alpha value is -1.32. The third-order valence-electron chi connectivity index (χ3n) is 3.85. The molecule has 1 N–H and O–H groups in total. The lowest BCUT2D eigenvalue weighted by Crippen LogP contribution is -2.39. The van der Waals surface area contributed by atoms with Crippen molar-refractivity contribution in [1.29, 1.82) is 0 Å². The maximum atomic E-state index is 5.19. The quantitative estimate of drug-likeness (QED) is 0.893. The molecule has 1 aromatic heterocycles. The SMILES string of the molecule is COc1cc(C)nc(NC2CCCCC2(C)C)n1. The van der Waals surface area contributed by atoms with E-state index < -0.39 is 0 Å². The van der Waals surface area contributed by atoms with Gasteiger partial charge in [-0.25, -0.2) is 4.98 Å². The Labute approximate surface area is 109 Å². The lowest BCUT2D eigenvalue weighted by atomic mass is 9.73. The van der Waals surface area contributed by atoms with Crippen molar-refractivity contribution in [2.75, 3.05) is 12.4 Å². The minimum Gasteiger partial charge on any atom is -0.481 e. The highest BCUT2D eigenvalue weighted by Crippen LogP contribution is 2.36. The van der Waals surface area contributed by atoms with Crippen LogP contribution in [0.2, 0.25) is 0 Å². The molecule has 1 fully saturated rings. The number of hydrogen-bond acceptors (Lipinski definition) is 4.